The van der Waals surface area contributed by atoms with Gasteiger partial charge in [-0.2, -0.15) is 0 Å². The number of methoxy groups -OCH3 is 1. The van der Waals surface area contributed by atoms with Crippen LogP contribution < -0.4 is 14.8 Å². The van der Waals surface area contributed by atoms with Crippen LogP contribution in [-0.2, 0) is 0 Å². The van der Waals surface area contributed by atoms with Gasteiger partial charge in [0.1, 0.15) is 6.10 Å². The van der Waals surface area contributed by atoms with E-state index in [2.05, 4.69) is 15.2 Å². The topological polar surface area (TPSA) is 46.1 Å². The lowest BCUT2D eigenvalue weighted by Crippen LogP contribution is -2.43. The maximum absolute atomic E-state index is 5.93. The Morgan fingerprint density at radius 2 is 1.95 bits per heavy atom. The lowest BCUT2D eigenvalue weighted by Gasteiger charge is -2.23. The predicted octanol–water partition coefficient (Wildman–Crippen LogP) is 2.13. The molecule has 1 aliphatic heterocycles. The van der Waals surface area contributed by atoms with E-state index in [1.165, 1.54) is 12.8 Å². The molecule has 0 aromatic heterocycles. The predicted molar refractivity (Wildman–Crippen MR) is 85.3 cm³/mol. The lowest BCUT2D eigenvalue weighted by molar-refractivity contribution is 0.212. The van der Waals surface area contributed by atoms with Crippen molar-refractivity contribution in [2.75, 3.05) is 33.8 Å². The van der Waals surface area contributed by atoms with Gasteiger partial charge in [-0.25, -0.2) is 0 Å². The molecule has 0 aliphatic carbocycles. The molecule has 0 saturated carbocycles. The fraction of sp³-hybridized carbons (Fsp3) is 0.562. The molecule has 1 fully saturated rings. The maximum atomic E-state index is 5.93. The highest BCUT2D eigenvalue weighted by Gasteiger charge is 2.16. The van der Waals surface area contributed by atoms with Gasteiger partial charge in [-0.3, -0.25) is 4.99 Å². The van der Waals surface area contributed by atoms with Crippen molar-refractivity contribution in [3.05, 3.63) is 24.3 Å². The van der Waals surface area contributed by atoms with Crippen molar-refractivity contribution in [2.24, 2.45) is 4.99 Å². The van der Waals surface area contributed by atoms with Gasteiger partial charge in [0.05, 0.1) is 13.7 Å². The van der Waals surface area contributed by atoms with Gasteiger partial charge in [-0.05, 0) is 31.9 Å². The Labute approximate surface area is 127 Å². The first-order valence-electron chi connectivity index (χ1n) is 7.50. The van der Waals surface area contributed by atoms with Gasteiger partial charge in [0.15, 0.2) is 17.5 Å². The maximum Gasteiger partial charge on any atom is 0.193 e. The number of rotatable bonds is 5. The summed E-state index contributed by atoms with van der Waals surface area (Å²) in [5.41, 5.74) is 0. The van der Waals surface area contributed by atoms with Crippen LogP contribution in [0.4, 0.5) is 0 Å². The van der Waals surface area contributed by atoms with E-state index in [9.17, 15) is 0 Å². The zero-order valence-electron chi connectivity index (χ0n) is 13.1. The number of hydrogen-bond donors (Lipinski definition) is 1. The average Bonchev–Trinajstić information content (AvgIpc) is 3.03. The molecule has 0 bridgehead atoms. The van der Waals surface area contributed by atoms with Gasteiger partial charge < -0.3 is 19.7 Å². The van der Waals surface area contributed by atoms with Crippen LogP contribution in [0.25, 0.3) is 0 Å². The van der Waals surface area contributed by atoms with Crippen LogP contribution in [-0.4, -0.2) is 50.8 Å². The second kappa shape index (κ2) is 7.76. The molecular formula is C16H25N3O2. The van der Waals surface area contributed by atoms with E-state index in [1.54, 1.807) is 7.11 Å². The Morgan fingerprint density at radius 1 is 1.29 bits per heavy atom. The number of benzene rings is 1. The minimum Gasteiger partial charge on any atom is -0.493 e. The second-order valence-corrected chi connectivity index (χ2v) is 5.20. The fourth-order valence-corrected chi connectivity index (χ4v) is 2.47. The molecular weight excluding hydrogens is 266 g/mol. The summed E-state index contributed by atoms with van der Waals surface area (Å²) < 4.78 is 11.2. The number of likely N-dealkylation sites (tertiary alicyclic amines) is 1. The molecule has 5 nitrogen and oxygen atoms in total. The minimum atomic E-state index is 0.0284. The van der Waals surface area contributed by atoms with Crippen molar-refractivity contribution in [2.45, 2.75) is 25.9 Å². The van der Waals surface area contributed by atoms with Crippen LogP contribution in [0.1, 0.15) is 19.8 Å². The van der Waals surface area contributed by atoms with Gasteiger partial charge in [0, 0.05) is 20.1 Å². The number of ether oxygens (including phenoxy) is 2. The number of guanidine groups is 1. The Kier molecular flexibility index (Phi) is 5.72. The van der Waals surface area contributed by atoms with Gasteiger partial charge in [0.25, 0.3) is 0 Å². The molecule has 1 saturated heterocycles. The SMILES string of the molecule is CN=C(NCC(C)Oc1ccccc1OC)N1CCCC1. The van der Waals surface area contributed by atoms with Crippen LogP contribution in [0.2, 0.25) is 0 Å². The van der Waals surface area contributed by atoms with Crippen LogP contribution in [0.3, 0.4) is 0 Å². The van der Waals surface area contributed by atoms with Crippen molar-refractivity contribution in [1.29, 1.82) is 0 Å². The number of nitrogens with zero attached hydrogens (tertiary/aromatic N) is 2. The quantitative estimate of drug-likeness (QED) is 0.667. The number of aliphatic imine (C=N–C) groups is 1. The number of para-hydroxylation sites is 2. The van der Waals surface area contributed by atoms with Crippen molar-refractivity contribution in [3.8, 4) is 11.5 Å². The normalized spacial score (nSPS) is 16.7. The van der Waals surface area contributed by atoms with E-state index >= 15 is 0 Å². The molecule has 0 amide bonds. The molecule has 2 rings (SSSR count). The van der Waals surface area contributed by atoms with Crippen LogP contribution >= 0.6 is 0 Å². The summed E-state index contributed by atoms with van der Waals surface area (Å²) in [7, 11) is 3.48. The third-order valence-electron chi connectivity index (χ3n) is 3.56. The van der Waals surface area contributed by atoms with Crippen molar-refractivity contribution in [3.63, 3.8) is 0 Å². The highest BCUT2D eigenvalue weighted by molar-refractivity contribution is 5.80. The van der Waals surface area contributed by atoms with E-state index in [-0.39, 0.29) is 6.10 Å². The molecule has 1 atom stereocenters. The van der Waals surface area contributed by atoms with Gasteiger partial charge in [-0.1, -0.05) is 12.1 Å². The molecule has 1 N–H and O–H groups in total. The standard InChI is InChI=1S/C16H25N3O2/c1-13(21-15-9-5-4-8-14(15)20-3)12-18-16(17-2)19-10-6-7-11-19/h4-5,8-9,13H,6-7,10-12H2,1-3H3,(H,17,18). The summed E-state index contributed by atoms with van der Waals surface area (Å²) in [5, 5.41) is 3.38. The third kappa shape index (κ3) is 4.28. The molecule has 5 heteroatoms. The number of nitrogens with one attached hydrogen (secondary N) is 1. The Bertz CT molecular complexity index is 470. The van der Waals surface area contributed by atoms with Gasteiger partial charge in [0.2, 0.25) is 0 Å². The van der Waals surface area contributed by atoms with Gasteiger partial charge >= 0.3 is 0 Å². The first-order chi connectivity index (χ1) is 10.2. The molecule has 1 aliphatic rings. The van der Waals surface area contributed by atoms with Crippen LogP contribution in [0.15, 0.2) is 29.3 Å². The lowest BCUT2D eigenvalue weighted by atomic mass is 10.3. The Balaban J connectivity index is 1.85. The minimum absolute atomic E-state index is 0.0284. The zero-order chi connectivity index (χ0) is 15.1. The Hall–Kier alpha value is -1.91. The first-order valence-corrected chi connectivity index (χ1v) is 7.50. The molecule has 1 aromatic rings. The van der Waals surface area contributed by atoms with Crippen molar-refractivity contribution < 1.29 is 9.47 Å². The van der Waals surface area contributed by atoms with E-state index in [0.29, 0.717) is 6.54 Å². The Morgan fingerprint density at radius 3 is 2.57 bits per heavy atom. The highest BCUT2D eigenvalue weighted by atomic mass is 16.5. The summed E-state index contributed by atoms with van der Waals surface area (Å²) in [6.07, 6.45) is 2.52. The zero-order valence-corrected chi connectivity index (χ0v) is 13.1. The molecule has 116 valence electrons. The summed E-state index contributed by atoms with van der Waals surface area (Å²) in [6, 6.07) is 7.70. The van der Waals surface area contributed by atoms with Gasteiger partial charge in [-0.15, -0.1) is 0 Å². The van der Waals surface area contributed by atoms with Crippen LogP contribution in [0, 0.1) is 0 Å². The molecule has 0 radical (unpaired) electrons. The van der Waals surface area contributed by atoms with Crippen molar-refractivity contribution >= 4 is 5.96 Å². The first kappa shape index (κ1) is 15.5. The summed E-state index contributed by atoms with van der Waals surface area (Å²) in [6.45, 7) is 4.92. The summed E-state index contributed by atoms with van der Waals surface area (Å²) in [4.78, 5) is 6.62. The van der Waals surface area contributed by atoms with E-state index < -0.39 is 0 Å². The summed E-state index contributed by atoms with van der Waals surface area (Å²) >= 11 is 0. The third-order valence-corrected chi connectivity index (χ3v) is 3.56. The van der Waals surface area contributed by atoms with Crippen LogP contribution in [0.5, 0.6) is 11.5 Å². The molecule has 21 heavy (non-hydrogen) atoms. The van der Waals surface area contributed by atoms with E-state index in [1.807, 2.05) is 38.2 Å². The van der Waals surface area contributed by atoms with E-state index in [0.717, 1.165) is 30.5 Å². The average molecular weight is 291 g/mol. The molecule has 1 aromatic carbocycles. The van der Waals surface area contributed by atoms with Crippen molar-refractivity contribution in [1.82, 2.24) is 10.2 Å². The fourth-order valence-electron chi connectivity index (χ4n) is 2.47. The molecule has 1 heterocycles. The smallest absolute Gasteiger partial charge is 0.193 e. The monoisotopic (exact) mass is 291 g/mol. The highest BCUT2D eigenvalue weighted by Crippen LogP contribution is 2.26. The number of hydrogen-bond acceptors (Lipinski definition) is 3. The molecule has 0 spiro atoms. The van der Waals surface area contributed by atoms with E-state index in [4.69, 9.17) is 9.47 Å². The molecule has 1 unspecified atom stereocenters. The summed E-state index contributed by atoms with van der Waals surface area (Å²) in [5.74, 6) is 2.49. The second-order valence-electron chi connectivity index (χ2n) is 5.20. The largest absolute Gasteiger partial charge is 0.493 e.